The molecule has 0 aromatic heterocycles. The molecule has 1 aliphatic heterocycles. The monoisotopic (exact) mass is 304 g/mol. The number of benzene rings is 1. The van der Waals surface area contributed by atoms with Gasteiger partial charge in [-0.2, -0.15) is 0 Å². The van der Waals surface area contributed by atoms with E-state index in [0.717, 1.165) is 19.6 Å². The highest BCUT2D eigenvalue weighted by atomic mass is 79.9. The van der Waals surface area contributed by atoms with Crippen molar-refractivity contribution in [2.45, 2.75) is 19.1 Å². The third kappa shape index (κ3) is 3.94. The molecular formula is C12H14BrFO3. The molecular weight excluding hydrogens is 291 g/mol. The first-order valence-corrected chi connectivity index (χ1v) is 6.36. The Morgan fingerprint density at radius 1 is 1.35 bits per heavy atom. The summed E-state index contributed by atoms with van der Waals surface area (Å²) in [5, 5.41) is 0. The SMILES string of the molecule is Fc1cc(OCCC2OCCCO2)ccc1Br. The summed E-state index contributed by atoms with van der Waals surface area (Å²) in [5.74, 6) is 0.189. The number of rotatable bonds is 4. The van der Waals surface area contributed by atoms with Gasteiger partial charge >= 0.3 is 0 Å². The van der Waals surface area contributed by atoms with E-state index in [9.17, 15) is 4.39 Å². The topological polar surface area (TPSA) is 27.7 Å². The van der Waals surface area contributed by atoms with Gasteiger partial charge in [0.1, 0.15) is 11.6 Å². The van der Waals surface area contributed by atoms with Crippen LogP contribution in [0.15, 0.2) is 22.7 Å². The Balaban J connectivity index is 1.75. The Hall–Kier alpha value is -0.650. The molecule has 0 unspecified atom stereocenters. The summed E-state index contributed by atoms with van der Waals surface area (Å²) in [7, 11) is 0. The molecule has 0 spiro atoms. The molecule has 3 nitrogen and oxygen atoms in total. The van der Waals surface area contributed by atoms with E-state index in [1.165, 1.54) is 6.07 Å². The Kier molecular flexibility index (Phi) is 4.76. The minimum absolute atomic E-state index is 0.191. The fourth-order valence-electron chi connectivity index (χ4n) is 1.54. The van der Waals surface area contributed by atoms with E-state index in [-0.39, 0.29) is 12.1 Å². The molecule has 1 aliphatic rings. The van der Waals surface area contributed by atoms with E-state index in [4.69, 9.17) is 14.2 Å². The summed E-state index contributed by atoms with van der Waals surface area (Å²) in [5.41, 5.74) is 0. The fraction of sp³-hybridized carbons (Fsp3) is 0.500. The van der Waals surface area contributed by atoms with Crippen LogP contribution in [-0.2, 0) is 9.47 Å². The lowest BCUT2D eigenvalue weighted by atomic mass is 10.3. The molecule has 1 saturated heterocycles. The second-order valence-corrected chi connectivity index (χ2v) is 4.59. The van der Waals surface area contributed by atoms with Crippen molar-refractivity contribution in [2.75, 3.05) is 19.8 Å². The molecule has 2 rings (SSSR count). The third-order valence-electron chi connectivity index (χ3n) is 2.41. The molecule has 1 heterocycles. The van der Waals surface area contributed by atoms with E-state index in [1.54, 1.807) is 12.1 Å². The quantitative estimate of drug-likeness (QED) is 0.855. The second-order valence-electron chi connectivity index (χ2n) is 3.74. The molecule has 0 bridgehead atoms. The van der Waals surface area contributed by atoms with Gasteiger partial charge in [0.15, 0.2) is 6.29 Å². The Morgan fingerprint density at radius 2 is 2.12 bits per heavy atom. The first kappa shape index (κ1) is 12.8. The van der Waals surface area contributed by atoms with Crippen molar-refractivity contribution < 1.29 is 18.6 Å². The van der Waals surface area contributed by atoms with Crippen LogP contribution in [0, 0.1) is 5.82 Å². The zero-order valence-corrected chi connectivity index (χ0v) is 10.9. The van der Waals surface area contributed by atoms with Gasteiger partial charge in [0.05, 0.1) is 24.3 Å². The minimum atomic E-state index is -0.326. The molecule has 94 valence electrons. The molecule has 0 amide bonds. The summed E-state index contributed by atoms with van der Waals surface area (Å²) >= 11 is 3.09. The van der Waals surface area contributed by atoms with Crippen LogP contribution >= 0.6 is 15.9 Å². The summed E-state index contributed by atoms with van der Waals surface area (Å²) in [6.45, 7) is 1.92. The zero-order chi connectivity index (χ0) is 12.1. The first-order chi connectivity index (χ1) is 8.25. The third-order valence-corrected chi connectivity index (χ3v) is 3.05. The lowest BCUT2D eigenvalue weighted by Crippen LogP contribution is -2.26. The Bertz CT molecular complexity index is 367. The highest BCUT2D eigenvalue weighted by Crippen LogP contribution is 2.21. The average molecular weight is 305 g/mol. The van der Waals surface area contributed by atoms with E-state index in [1.807, 2.05) is 0 Å². The highest BCUT2D eigenvalue weighted by Gasteiger charge is 2.13. The molecule has 0 saturated carbocycles. The van der Waals surface area contributed by atoms with Gasteiger partial charge in [-0.05, 0) is 34.5 Å². The van der Waals surface area contributed by atoms with Gasteiger partial charge in [0.2, 0.25) is 0 Å². The van der Waals surface area contributed by atoms with Crippen molar-refractivity contribution in [1.82, 2.24) is 0 Å². The summed E-state index contributed by atoms with van der Waals surface area (Å²) < 4.78 is 29.8. The summed E-state index contributed by atoms with van der Waals surface area (Å²) in [4.78, 5) is 0. The van der Waals surface area contributed by atoms with Gasteiger partial charge in [-0.25, -0.2) is 4.39 Å². The van der Waals surface area contributed by atoms with E-state index >= 15 is 0 Å². The molecule has 1 aromatic carbocycles. The van der Waals surface area contributed by atoms with E-state index < -0.39 is 0 Å². The molecule has 1 aromatic rings. The minimum Gasteiger partial charge on any atom is -0.493 e. The average Bonchev–Trinajstić information content (AvgIpc) is 2.35. The number of ether oxygens (including phenoxy) is 3. The predicted molar refractivity (Wildman–Crippen MR) is 64.5 cm³/mol. The molecule has 17 heavy (non-hydrogen) atoms. The van der Waals surface area contributed by atoms with Gasteiger partial charge in [-0.3, -0.25) is 0 Å². The van der Waals surface area contributed by atoms with Crippen LogP contribution in [0.2, 0.25) is 0 Å². The maximum absolute atomic E-state index is 13.2. The first-order valence-electron chi connectivity index (χ1n) is 5.57. The predicted octanol–water partition coefficient (Wildman–Crippen LogP) is 3.12. The van der Waals surface area contributed by atoms with Gasteiger partial charge in [-0.1, -0.05) is 0 Å². The fourth-order valence-corrected chi connectivity index (χ4v) is 1.79. The van der Waals surface area contributed by atoms with Crippen LogP contribution in [0.3, 0.4) is 0 Å². The van der Waals surface area contributed by atoms with Crippen molar-refractivity contribution in [3.05, 3.63) is 28.5 Å². The van der Waals surface area contributed by atoms with E-state index in [0.29, 0.717) is 23.2 Å². The number of hydrogen-bond acceptors (Lipinski definition) is 3. The van der Waals surface area contributed by atoms with Crippen LogP contribution in [-0.4, -0.2) is 26.1 Å². The van der Waals surface area contributed by atoms with Crippen molar-refractivity contribution in [1.29, 1.82) is 0 Å². The van der Waals surface area contributed by atoms with Crippen molar-refractivity contribution in [3.8, 4) is 5.75 Å². The zero-order valence-electron chi connectivity index (χ0n) is 9.33. The molecule has 0 aliphatic carbocycles. The Morgan fingerprint density at radius 3 is 2.82 bits per heavy atom. The van der Waals surface area contributed by atoms with Crippen LogP contribution in [0.25, 0.3) is 0 Å². The smallest absolute Gasteiger partial charge is 0.160 e. The molecule has 0 radical (unpaired) electrons. The van der Waals surface area contributed by atoms with Crippen molar-refractivity contribution >= 4 is 15.9 Å². The van der Waals surface area contributed by atoms with Gasteiger partial charge < -0.3 is 14.2 Å². The molecule has 1 fully saturated rings. The number of hydrogen-bond donors (Lipinski definition) is 0. The Labute approximate surface area is 108 Å². The summed E-state index contributed by atoms with van der Waals surface area (Å²) in [6, 6.07) is 4.70. The van der Waals surface area contributed by atoms with Crippen molar-refractivity contribution in [2.24, 2.45) is 0 Å². The normalized spacial score (nSPS) is 17.1. The van der Waals surface area contributed by atoms with Crippen molar-refractivity contribution in [3.63, 3.8) is 0 Å². The molecule has 0 atom stereocenters. The largest absolute Gasteiger partial charge is 0.493 e. The lowest BCUT2D eigenvalue weighted by Gasteiger charge is -2.23. The maximum Gasteiger partial charge on any atom is 0.160 e. The van der Waals surface area contributed by atoms with Crippen LogP contribution in [0.4, 0.5) is 4.39 Å². The summed E-state index contributed by atoms with van der Waals surface area (Å²) in [6.07, 6.45) is 1.40. The van der Waals surface area contributed by atoms with Gasteiger partial charge in [-0.15, -0.1) is 0 Å². The highest BCUT2D eigenvalue weighted by molar-refractivity contribution is 9.10. The number of halogens is 2. The standard InChI is InChI=1S/C12H14BrFO3/c13-10-3-2-9(8-11(10)14)15-7-4-12-16-5-1-6-17-12/h2-3,8,12H,1,4-7H2. The second kappa shape index (κ2) is 6.33. The lowest BCUT2D eigenvalue weighted by molar-refractivity contribution is -0.183. The molecule has 0 N–H and O–H groups in total. The van der Waals surface area contributed by atoms with Gasteiger partial charge in [0.25, 0.3) is 0 Å². The van der Waals surface area contributed by atoms with Crippen LogP contribution < -0.4 is 4.74 Å². The molecule has 5 heteroatoms. The maximum atomic E-state index is 13.2. The van der Waals surface area contributed by atoms with E-state index in [2.05, 4.69) is 15.9 Å². The van der Waals surface area contributed by atoms with Gasteiger partial charge in [0, 0.05) is 12.5 Å². The van der Waals surface area contributed by atoms with Crippen LogP contribution in [0.5, 0.6) is 5.75 Å². The van der Waals surface area contributed by atoms with Crippen LogP contribution in [0.1, 0.15) is 12.8 Å².